The smallest absolute Gasteiger partial charge is 0.248 e. The maximum Gasteiger partial charge on any atom is 0.248 e. The van der Waals surface area contributed by atoms with Crippen molar-refractivity contribution in [1.82, 2.24) is 10.2 Å². The highest BCUT2D eigenvalue weighted by Gasteiger charge is 2.19. The number of rotatable bonds is 8. The summed E-state index contributed by atoms with van der Waals surface area (Å²) in [7, 11) is 0. The summed E-state index contributed by atoms with van der Waals surface area (Å²) < 4.78 is 5.35. The molecule has 0 saturated carbocycles. The van der Waals surface area contributed by atoms with Gasteiger partial charge in [0, 0.05) is 25.7 Å². The van der Waals surface area contributed by atoms with Gasteiger partial charge in [-0.25, -0.2) is 0 Å². The van der Waals surface area contributed by atoms with Crippen LogP contribution in [0, 0.1) is 0 Å². The van der Waals surface area contributed by atoms with Gasteiger partial charge in [-0.3, -0.25) is 4.79 Å². The van der Waals surface area contributed by atoms with Crippen molar-refractivity contribution in [3.8, 4) is 0 Å². The highest BCUT2D eigenvalue weighted by atomic mass is 16.5. The zero-order valence-electron chi connectivity index (χ0n) is 11.9. The average Bonchev–Trinajstić information content (AvgIpc) is 2.39. The zero-order chi connectivity index (χ0) is 13.2. The van der Waals surface area contributed by atoms with Gasteiger partial charge in [0.25, 0.3) is 0 Å². The molecule has 0 spiro atoms. The van der Waals surface area contributed by atoms with Crippen molar-refractivity contribution in [2.75, 3.05) is 32.8 Å². The average molecular weight is 256 g/mol. The second-order valence-corrected chi connectivity index (χ2v) is 5.04. The van der Waals surface area contributed by atoms with Gasteiger partial charge in [-0.05, 0) is 32.2 Å². The zero-order valence-corrected chi connectivity index (χ0v) is 11.9. The van der Waals surface area contributed by atoms with E-state index in [-0.39, 0.29) is 12.5 Å². The Morgan fingerprint density at radius 1 is 1.33 bits per heavy atom. The standard InChI is InChI=1S/C14H28N2O2/c1-3-9-16(14(17)12-18-10-4-2)11-13-7-5-6-8-15-13/h13,15H,3-12H2,1-2H3. The number of hydrogen-bond donors (Lipinski definition) is 1. The maximum absolute atomic E-state index is 12.1. The third-order valence-electron chi connectivity index (χ3n) is 3.27. The van der Waals surface area contributed by atoms with E-state index in [0.717, 1.165) is 32.5 Å². The van der Waals surface area contributed by atoms with E-state index in [2.05, 4.69) is 19.2 Å². The predicted octanol–water partition coefficient (Wildman–Crippen LogP) is 1.79. The van der Waals surface area contributed by atoms with Crippen LogP contribution in [0.2, 0.25) is 0 Å². The molecule has 1 amide bonds. The first kappa shape index (κ1) is 15.4. The number of nitrogens with one attached hydrogen (secondary N) is 1. The van der Waals surface area contributed by atoms with Crippen LogP contribution in [0.3, 0.4) is 0 Å². The molecular weight excluding hydrogens is 228 g/mol. The molecule has 1 unspecified atom stereocenters. The first-order valence-electron chi connectivity index (χ1n) is 7.36. The summed E-state index contributed by atoms with van der Waals surface area (Å²) in [6.07, 6.45) is 5.69. The maximum atomic E-state index is 12.1. The highest BCUT2D eigenvalue weighted by Crippen LogP contribution is 2.09. The van der Waals surface area contributed by atoms with Gasteiger partial charge in [0.05, 0.1) is 0 Å². The minimum absolute atomic E-state index is 0.137. The van der Waals surface area contributed by atoms with E-state index in [1.807, 2.05) is 4.90 Å². The lowest BCUT2D eigenvalue weighted by Crippen LogP contribution is -2.47. The van der Waals surface area contributed by atoms with Crippen LogP contribution >= 0.6 is 0 Å². The SMILES string of the molecule is CCCOCC(=O)N(CCC)CC1CCCCN1. The summed E-state index contributed by atoms with van der Waals surface area (Å²) in [4.78, 5) is 14.0. The van der Waals surface area contributed by atoms with E-state index < -0.39 is 0 Å². The number of nitrogens with zero attached hydrogens (tertiary/aromatic N) is 1. The van der Waals surface area contributed by atoms with Crippen LogP contribution in [0.5, 0.6) is 0 Å². The topological polar surface area (TPSA) is 41.6 Å². The normalized spacial score (nSPS) is 19.8. The van der Waals surface area contributed by atoms with E-state index in [1.54, 1.807) is 0 Å². The molecule has 0 radical (unpaired) electrons. The summed E-state index contributed by atoms with van der Waals surface area (Å²) in [6.45, 7) is 7.84. The van der Waals surface area contributed by atoms with Gasteiger partial charge >= 0.3 is 0 Å². The molecule has 1 atom stereocenters. The van der Waals surface area contributed by atoms with Crippen LogP contribution in [0.15, 0.2) is 0 Å². The number of ether oxygens (including phenoxy) is 1. The van der Waals surface area contributed by atoms with Gasteiger partial charge in [-0.15, -0.1) is 0 Å². The van der Waals surface area contributed by atoms with Gasteiger partial charge in [0.2, 0.25) is 5.91 Å². The molecule has 1 aliphatic rings. The molecule has 1 N–H and O–H groups in total. The number of amides is 1. The molecule has 4 heteroatoms. The Hall–Kier alpha value is -0.610. The Morgan fingerprint density at radius 3 is 2.78 bits per heavy atom. The number of carbonyl (C=O) groups excluding carboxylic acids is 1. The molecule has 0 bridgehead atoms. The molecule has 1 saturated heterocycles. The second-order valence-electron chi connectivity index (χ2n) is 5.04. The van der Waals surface area contributed by atoms with Crippen molar-refractivity contribution in [3.05, 3.63) is 0 Å². The van der Waals surface area contributed by atoms with Crippen molar-refractivity contribution >= 4 is 5.91 Å². The quantitative estimate of drug-likeness (QED) is 0.673. The summed E-state index contributed by atoms with van der Waals surface area (Å²) in [5, 5.41) is 3.50. The van der Waals surface area contributed by atoms with Gasteiger partial charge in [0.15, 0.2) is 0 Å². The van der Waals surface area contributed by atoms with Crippen molar-refractivity contribution in [1.29, 1.82) is 0 Å². The molecule has 0 aromatic heterocycles. The van der Waals surface area contributed by atoms with Crippen LogP contribution in [0.25, 0.3) is 0 Å². The van der Waals surface area contributed by atoms with Crippen LogP contribution in [-0.4, -0.2) is 49.7 Å². The lowest BCUT2D eigenvalue weighted by Gasteiger charge is -2.30. The van der Waals surface area contributed by atoms with E-state index in [9.17, 15) is 4.79 Å². The molecule has 0 aromatic carbocycles. The number of hydrogen-bond acceptors (Lipinski definition) is 3. The van der Waals surface area contributed by atoms with Crippen LogP contribution in [-0.2, 0) is 9.53 Å². The van der Waals surface area contributed by atoms with Crippen LogP contribution < -0.4 is 5.32 Å². The van der Waals surface area contributed by atoms with Gasteiger partial charge < -0.3 is 15.0 Å². The van der Waals surface area contributed by atoms with E-state index >= 15 is 0 Å². The Morgan fingerprint density at radius 2 is 2.17 bits per heavy atom. The predicted molar refractivity (Wildman–Crippen MR) is 73.6 cm³/mol. The Balaban J connectivity index is 2.34. The molecule has 4 nitrogen and oxygen atoms in total. The fraction of sp³-hybridized carbons (Fsp3) is 0.929. The van der Waals surface area contributed by atoms with E-state index in [4.69, 9.17) is 4.74 Å². The number of carbonyl (C=O) groups is 1. The fourth-order valence-electron chi connectivity index (χ4n) is 2.33. The van der Waals surface area contributed by atoms with Crippen LogP contribution in [0.1, 0.15) is 46.0 Å². The molecule has 0 aliphatic carbocycles. The van der Waals surface area contributed by atoms with Crippen molar-refractivity contribution in [2.45, 2.75) is 52.0 Å². The first-order chi connectivity index (χ1) is 8.77. The van der Waals surface area contributed by atoms with Crippen molar-refractivity contribution in [2.24, 2.45) is 0 Å². The molecule has 1 fully saturated rings. The molecule has 18 heavy (non-hydrogen) atoms. The lowest BCUT2D eigenvalue weighted by atomic mass is 10.0. The molecule has 1 heterocycles. The minimum Gasteiger partial charge on any atom is -0.372 e. The Bertz CT molecular complexity index is 228. The van der Waals surface area contributed by atoms with Crippen molar-refractivity contribution < 1.29 is 9.53 Å². The van der Waals surface area contributed by atoms with Crippen molar-refractivity contribution in [3.63, 3.8) is 0 Å². The third-order valence-corrected chi connectivity index (χ3v) is 3.27. The molecule has 0 aromatic rings. The molecular formula is C14H28N2O2. The van der Waals surface area contributed by atoms with E-state index in [0.29, 0.717) is 12.6 Å². The minimum atomic E-state index is 0.137. The summed E-state index contributed by atoms with van der Waals surface area (Å²) in [6, 6.07) is 0.473. The second kappa shape index (κ2) is 9.34. The summed E-state index contributed by atoms with van der Waals surface area (Å²) in [5.41, 5.74) is 0. The third kappa shape index (κ3) is 5.83. The largest absolute Gasteiger partial charge is 0.372 e. The molecule has 1 aliphatic heterocycles. The monoisotopic (exact) mass is 256 g/mol. The van der Waals surface area contributed by atoms with Gasteiger partial charge in [-0.2, -0.15) is 0 Å². The van der Waals surface area contributed by atoms with E-state index in [1.165, 1.54) is 19.3 Å². The van der Waals surface area contributed by atoms with Crippen LogP contribution in [0.4, 0.5) is 0 Å². The Labute approximate surface area is 111 Å². The molecule has 1 rings (SSSR count). The lowest BCUT2D eigenvalue weighted by molar-refractivity contribution is -0.136. The highest BCUT2D eigenvalue weighted by molar-refractivity contribution is 5.77. The summed E-state index contributed by atoms with van der Waals surface area (Å²) in [5.74, 6) is 0.137. The van der Waals surface area contributed by atoms with Gasteiger partial charge in [0.1, 0.15) is 6.61 Å². The number of piperidine rings is 1. The van der Waals surface area contributed by atoms with Gasteiger partial charge in [-0.1, -0.05) is 20.3 Å². The fourth-order valence-corrected chi connectivity index (χ4v) is 2.33. The first-order valence-corrected chi connectivity index (χ1v) is 7.36. The molecule has 106 valence electrons. The Kier molecular flexibility index (Phi) is 8.01. The summed E-state index contributed by atoms with van der Waals surface area (Å²) >= 11 is 0.